The zero-order valence-electron chi connectivity index (χ0n) is 18.4. The molecular weight excluding hydrogens is 464 g/mol. The molecule has 9 nitrogen and oxygen atoms in total. The summed E-state index contributed by atoms with van der Waals surface area (Å²) in [5.74, 6) is -3.12. The molecule has 2 aromatic carbocycles. The predicted molar refractivity (Wildman–Crippen MR) is 124 cm³/mol. The third-order valence-corrected chi connectivity index (χ3v) is 5.78. The molecule has 182 valence electrons. The Morgan fingerprint density at radius 1 is 1.15 bits per heavy atom. The van der Waals surface area contributed by atoms with Gasteiger partial charge in [0, 0.05) is 30.6 Å². The van der Waals surface area contributed by atoms with Crippen LogP contribution in [0.1, 0.15) is 12.0 Å². The molecule has 0 radical (unpaired) electrons. The number of nitrogens with one attached hydrogen (secondary N) is 1. The highest BCUT2D eigenvalue weighted by molar-refractivity contribution is 6.35. The summed E-state index contributed by atoms with van der Waals surface area (Å²) < 4.78 is 5.29. The van der Waals surface area contributed by atoms with E-state index in [9.17, 15) is 24.6 Å². The Balaban J connectivity index is 1.69. The third kappa shape index (κ3) is 7.01. The minimum atomic E-state index is -1.70. The van der Waals surface area contributed by atoms with Gasteiger partial charge in [-0.3, -0.25) is 9.59 Å². The number of amides is 2. The van der Waals surface area contributed by atoms with Gasteiger partial charge >= 0.3 is 17.8 Å². The van der Waals surface area contributed by atoms with E-state index in [0.717, 1.165) is 16.7 Å². The van der Waals surface area contributed by atoms with Crippen molar-refractivity contribution in [3.05, 3.63) is 59.1 Å². The van der Waals surface area contributed by atoms with Crippen LogP contribution in [0, 0.1) is 0 Å². The molecule has 0 saturated carbocycles. The lowest BCUT2D eigenvalue weighted by Gasteiger charge is -2.32. The van der Waals surface area contributed by atoms with Crippen molar-refractivity contribution < 1.29 is 34.4 Å². The largest absolute Gasteiger partial charge is 0.479 e. The van der Waals surface area contributed by atoms with Crippen LogP contribution in [-0.2, 0) is 25.5 Å². The number of carboxylic acids is 1. The second-order valence-electron chi connectivity index (χ2n) is 8.10. The quantitative estimate of drug-likeness (QED) is 0.406. The van der Waals surface area contributed by atoms with Crippen molar-refractivity contribution >= 4 is 29.4 Å². The van der Waals surface area contributed by atoms with E-state index in [-0.39, 0.29) is 39.1 Å². The van der Waals surface area contributed by atoms with E-state index in [1.54, 1.807) is 6.07 Å². The van der Waals surface area contributed by atoms with Gasteiger partial charge in [0.1, 0.15) is 0 Å². The van der Waals surface area contributed by atoms with Crippen molar-refractivity contribution in [3.63, 3.8) is 0 Å². The predicted octanol–water partition coefficient (Wildman–Crippen LogP) is 1.09. The molecule has 0 aromatic heterocycles. The molecule has 10 heteroatoms. The number of hydrogen-bond acceptors (Lipinski definition) is 6. The smallest absolute Gasteiger partial charge is 0.332 e. The van der Waals surface area contributed by atoms with Gasteiger partial charge in [-0.2, -0.15) is 0 Å². The summed E-state index contributed by atoms with van der Waals surface area (Å²) in [5.41, 5.74) is 2.65. The maximum Gasteiger partial charge on any atom is 0.332 e. The Bertz CT molecular complexity index is 1010. The summed E-state index contributed by atoms with van der Waals surface area (Å²) in [6.07, 6.45) is -2.32. The zero-order valence-corrected chi connectivity index (χ0v) is 19.1. The highest BCUT2D eigenvalue weighted by atomic mass is 35.5. The van der Waals surface area contributed by atoms with Crippen molar-refractivity contribution in [2.75, 3.05) is 26.3 Å². The Kier molecular flexibility index (Phi) is 9.00. The number of aliphatic hydroxyl groups is 2. The van der Waals surface area contributed by atoms with Gasteiger partial charge in [0.05, 0.1) is 19.3 Å². The van der Waals surface area contributed by atoms with Crippen LogP contribution in [0.25, 0.3) is 11.1 Å². The molecule has 1 heterocycles. The van der Waals surface area contributed by atoms with Gasteiger partial charge in [0.2, 0.25) is 0 Å². The van der Waals surface area contributed by atoms with Crippen LogP contribution in [0.4, 0.5) is 0 Å². The maximum absolute atomic E-state index is 12.6. The lowest BCUT2D eigenvalue weighted by Crippen LogP contribution is -2.53. The number of carbonyl (C=O) groups excluding carboxylic acids is 2. The number of rotatable bonds is 8. The number of aliphatic carboxylic acids is 1. The number of nitrogens with zero attached hydrogens (tertiary/aromatic N) is 1. The Hall–Kier alpha value is -2.98. The van der Waals surface area contributed by atoms with Gasteiger partial charge in [-0.25, -0.2) is 4.79 Å². The van der Waals surface area contributed by atoms with E-state index in [2.05, 4.69) is 5.32 Å². The van der Waals surface area contributed by atoms with Gasteiger partial charge in [-0.1, -0.05) is 48.0 Å². The van der Waals surface area contributed by atoms with E-state index in [1.807, 2.05) is 42.5 Å². The van der Waals surface area contributed by atoms with Crippen molar-refractivity contribution in [2.24, 2.45) is 0 Å². The van der Waals surface area contributed by atoms with Gasteiger partial charge in [-0.05, 0) is 35.2 Å². The molecule has 34 heavy (non-hydrogen) atoms. The first-order chi connectivity index (χ1) is 16.3. The zero-order chi connectivity index (χ0) is 24.7. The molecule has 0 aliphatic carbocycles. The number of hydrogen-bond donors (Lipinski definition) is 4. The summed E-state index contributed by atoms with van der Waals surface area (Å²) in [7, 11) is 0. The van der Waals surface area contributed by atoms with Gasteiger partial charge in [-0.15, -0.1) is 0 Å². The van der Waals surface area contributed by atoms with Crippen LogP contribution in [0.2, 0.25) is 5.02 Å². The van der Waals surface area contributed by atoms with Crippen LogP contribution < -0.4 is 5.32 Å². The standard InChI is InChI=1S/C24H27ClN2O7/c25-18-3-1-2-17(11-18)16-6-4-15(5-7-16)10-19(12-21(29)24(32)33)26-22(30)23(31)27-8-9-34-20(13-27)14-28/h1-7,11,19-21,28-29H,8-10,12-14H2,(H,26,30)(H,32,33)/t19-,20?,21-/m1/s1. The summed E-state index contributed by atoms with van der Waals surface area (Å²) >= 11 is 6.05. The van der Waals surface area contributed by atoms with Crippen molar-refractivity contribution in [1.29, 1.82) is 0 Å². The minimum absolute atomic E-state index is 0.0795. The van der Waals surface area contributed by atoms with E-state index in [4.69, 9.17) is 21.4 Å². The Morgan fingerprint density at radius 2 is 1.88 bits per heavy atom. The average molecular weight is 491 g/mol. The van der Waals surface area contributed by atoms with Crippen LogP contribution in [0.5, 0.6) is 0 Å². The second-order valence-corrected chi connectivity index (χ2v) is 8.53. The fourth-order valence-electron chi connectivity index (χ4n) is 3.75. The number of morpholine rings is 1. The molecule has 1 fully saturated rings. The van der Waals surface area contributed by atoms with Gasteiger partial charge in [0.25, 0.3) is 0 Å². The lowest BCUT2D eigenvalue weighted by molar-refractivity contribution is -0.152. The highest BCUT2D eigenvalue weighted by Crippen LogP contribution is 2.23. The number of carboxylic acid groups (broad SMARTS) is 1. The number of carbonyl (C=O) groups is 3. The monoisotopic (exact) mass is 490 g/mol. The molecule has 3 atom stereocenters. The third-order valence-electron chi connectivity index (χ3n) is 5.55. The van der Waals surface area contributed by atoms with Gasteiger partial charge in [0.15, 0.2) is 6.10 Å². The normalized spacial score (nSPS) is 17.6. The molecule has 2 amide bonds. The van der Waals surface area contributed by atoms with E-state index in [0.29, 0.717) is 5.02 Å². The van der Waals surface area contributed by atoms with E-state index in [1.165, 1.54) is 4.90 Å². The number of halogens is 1. The van der Waals surface area contributed by atoms with Crippen molar-refractivity contribution in [2.45, 2.75) is 31.1 Å². The van der Waals surface area contributed by atoms with Crippen molar-refractivity contribution in [3.8, 4) is 11.1 Å². The van der Waals surface area contributed by atoms with Crippen molar-refractivity contribution in [1.82, 2.24) is 10.2 Å². The second kappa shape index (κ2) is 11.9. The fourth-order valence-corrected chi connectivity index (χ4v) is 3.94. The Morgan fingerprint density at radius 3 is 2.53 bits per heavy atom. The topological polar surface area (TPSA) is 136 Å². The van der Waals surface area contributed by atoms with Gasteiger partial charge < -0.3 is 30.3 Å². The minimum Gasteiger partial charge on any atom is -0.479 e. The van der Waals surface area contributed by atoms with E-state index < -0.39 is 36.0 Å². The summed E-state index contributed by atoms with van der Waals surface area (Å²) in [6, 6.07) is 14.0. The first-order valence-corrected chi connectivity index (χ1v) is 11.2. The molecule has 1 unspecified atom stereocenters. The highest BCUT2D eigenvalue weighted by Gasteiger charge is 2.30. The maximum atomic E-state index is 12.6. The summed E-state index contributed by atoms with van der Waals surface area (Å²) in [6.45, 7) is 0.209. The Labute approximate surface area is 201 Å². The van der Waals surface area contributed by atoms with Crippen LogP contribution >= 0.6 is 11.6 Å². The molecule has 0 spiro atoms. The number of ether oxygens (including phenoxy) is 1. The molecule has 2 aromatic rings. The molecule has 0 bridgehead atoms. The lowest BCUT2D eigenvalue weighted by atomic mass is 9.97. The summed E-state index contributed by atoms with van der Waals surface area (Å²) in [5, 5.41) is 31.4. The molecule has 1 aliphatic rings. The van der Waals surface area contributed by atoms with Crippen LogP contribution in [0.3, 0.4) is 0 Å². The molecule has 3 rings (SSSR count). The molecule has 4 N–H and O–H groups in total. The number of aliphatic hydroxyl groups excluding tert-OH is 2. The molecule has 1 aliphatic heterocycles. The molecule has 1 saturated heterocycles. The van der Waals surface area contributed by atoms with E-state index >= 15 is 0 Å². The van der Waals surface area contributed by atoms with Crippen LogP contribution in [0.15, 0.2) is 48.5 Å². The first kappa shape index (κ1) is 25.6. The fraction of sp³-hybridized carbons (Fsp3) is 0.375. The molecular formula is C24H27ClN2O7. The van der Waals surface area contributed by atoms with Crippen LogP contribution in [-0.4, -0.2) is 82.6 Å². The first-order valence-electron chi connectivity index (χ1n) is 10.8. The number of benzene rings is 2. The summed E-state index contributed by atoms with van der Waals surface area (Å²) in [4.78, 5) is 37.6. The average Bonchev–Trinajstić information content (AvgIpc) is 2.83. The SMILES string of the molecule is O=C(N[C@H](Cc1ccc(-c2cccc(Cl)c2)cc1)C[C@@H](O)C(=O)O)C(=O)N1CCOC(CO)C1.